The van der Waals surface area contributed by atoms with Crippen LogP contribution in [0.4, 0.5) is 17.2 Å². The fourth-order valence-corrected chi connectivity index (χ4v) is 3.24. The van der Waals surface area contributed by atoms with Crippen LogP contribution in [0.5, 0.6) is 0 Å². The fraction of sp³-hybridized carbons (Fsp3) is 0.450. The standard InChI is InChI=1S/C20H27N5O5/c1-5-6-10-23(19(27)14-9-7-8-13(4)15(14)25(29)30)16-17(21)24(11-12(2)3)20(28)22-18(16)26/h7-9,12H,5-6,10-11,21H2,1-4H3,(H,22,26,28). The molecule has 0 radical (unpaired) electrons. The SMILES string of the molecule is CCCCN(C(=O)c1cccc(C)c1[N+](=O)[O-])c1c(N)n(CC(C)C)c(=O)[nH]c1=O. The molecule has 10 heteroatoms. The zero-order valence-corrected chi connectivity index (χ0v) is 17.6. The lowest BCUT2D eigenvalue weighted by Crippen LogP contribution is -2.42. The van der Waals surface area contributed by atoms with E-state index in [1.165, 1.54) is 23.6 Å². The molecule has 0 saturated carbocycles. The Balaban J connectivity index is 2.73. The number of H-pyrrole nitrogens is 1. The zero-order chi connectivity index (χ0) is 22.6. The van der Waals surface area contributed by atoms with Crippen LogP contribution in [-0.4, -0.2) is 26.9 Å². The van der Waals surface area contributed by atoms with E-state index in [9.17, 15) is 24.5 Å². The van der Waals surface area contributed by atoms with E-state index in [1.807, 2.05) is 20.8 Å². The third kappa shape index (κ3) is 4.58. The fourth-order valence-electron chi connectivity index (χ4n) is 3.24. The van der Waals surface area contributed by atoms with Crippen molar-refractivity contribution in [3.8, 4) is 0 Å². The molecular formula is C20H27N5O5. The molecule has 0 atom stereocenters. The van der Waals surface area contributed by atoms with Crippen molar-refractivity contribution in [2.45, 2.75) is 47.1 Å². The number of nitrogens with two attached hydrogens (primary N) is 1. The van der Waals surface area contributed by atoms with Crippen molar-refractivity contribution in [1.82, 2.24) is 9.55 Å². The third-order valence-electron chi connectivity index (χ3n) is 4.66. The molecule has 0 unspecified atom stereocenters. The quantitative estimate of drug-likeness (QED) is 0.498. The van der Waals surface area contributed by atoms with Gasteiger partial charge in [-0.15, -0.1) is 0 Å². The lowest BCUT2D eigenvalue weighted by atomic mass is 10.1. The van der Waals surface area contributed by atoms with Gasteiger partial charge in [-0.25, -0.2) is 4.79 Å². The molecule has 1 aromatic heterocycles. The summed E-state index contributed by atoms with van der Waals surface area (Å²) < 4.78 is 1.21. The molecule has 162 valence electrons. The number of aromatic nitrogens is 2. The smallest absolute Gasteiger partial charge is 0.330 e. The molecule has 0 spiro atoms. The maximum Gasteiger partial charge on any atom is 0.330 e. The van der Waals surface area contributed by atoms with Crippen molar-refractivity contribution in [2.24, 2.45) is 5.92 Å². The molecule has 0 fully saturated rings. The maximum absolute atomic E-state index is 13.4. The second-order valence-corrected chi connectivity index (χ2v) is 7.54. The molecule has 0 aliphatic carbocycles. The van der Waals surface area contributed by atoms with E-state index in [1.54, 1.807) is 6.07 Å². The van der Waals surface area contributed by atoms with Gasteiger partial charge >= 0.3 is 5.69 Å². The van der Waals surface area contributed by atoms with Gasteiger partial charge in [0.15, 0.2) is 5.69 Å². The van der Waals surface area contributed by atoms with Crippen molar-refractivity contribution in [3.05, 3.63) is 60.3 Å². The van der Waals surface area contributed by atoms with Gasteiger partial charge in [0.2, 0.25) is 0 Å². The first-order chi connectivity index (χ1) is 14.1. The van der Waals surface area contributed by atoms with Crippen LogP contribution < -0.4 is 21.9 Å². The summed E-state index contributed by atoms with van der Waals surface area (Å²) in [6.07, 6.45) is 1.25. The molecule has 0 bridgehead atoms. The van der Waals surface area contributed by atoms with E-state index in [2.05, 4.69) is 4.98 Å². The number of para-hydroxylation sites is 1. The van der Waals surface area contributed by atoms with Gasteiger partial charge in [0.25, 0.3) is 17.2 Å². The molecule has 1 heterocycles. The van der Waals surface area contributed by atoms with Crippen LogP contribution >= 0.6 is 0 Å². The van der Waals surface area contributed by atoms with Crippen molar-refractivity contribution in [2.75, 3.05) is 17.2 Å². The number of aryl methyl sites for hydroxylation is 1. The minimum atomic E-state index is -0.808. The van der Waals surface area contributed by atoms with Crippen molar-refractivity contribution >= 4 is 23.1 Å². The highest BCUT2D eigenvalue weighted by Gasteiger charge is 2.30. The highest BCUT2D eigenvalue weighted by molar-refractivity contribution is 6.10. The first-order valence-electron chi connectivity index (χ1n) is 9.78. The van der Waals surface area contributed by atoms with Crippen LogP contribution in [0.25, 0.3) is 0 Å². The summed E-state index contributed by atoms with van der Waals surface area (Å²) in [5.74, 6) is -0.801. The van der Waals surface area contributed by atoms with E-state index >= 15 is 0 Å². The zero-order valence-electron chi connectivity index (χ0n) is 17.6. The molecular weight excluding hydrogens is 390 g/mol. The van der Waals surface area contributed by atoms with Crippen molar-refractivity contribution in [3.63, 3.8) is 0 Å². The van der Waals surface area contributed by atoms with Crippen LogP contribution in [0.15, 0.2) is 27.8 Å². The number of aromatic amines is 1. The number of carbonyl (C=O) groups is 1. The number of benzene rings is 1. The first kappa shape index (κ1) is 22.9. The largest absolute Gasteiger partial charge is 0.383 e. The number of hydrogen-bond acceptors (Lipinski definition) is 6. The second-order valence-electron chi connectivity index (χ2n) is 7.54. The summed E-state index contributed by atoms with van der Waals surface area (Å²) in [5, 5.41) is 11.6. The highest BCUT2D eigenvalue weighted by Crippen LogP contribution is 2.27. The Morgan fingerprint density at radius 2 is 2.00 bits per heavy atom. The second kappa shape index (κ2) is 9.38. The summed E-state index contributed by atoms with van der Waals surface area (Å²) in [4.78, 5) is 52.6. The predicted octanol–water partition coefficient (Wildman–Crippen LogP) is 2.44. The Labute approximate surface area is 173 Å². The topological polar surface area (TPSA) is 144 Å². The average Bonchev–Trinajstić information content (AvgIpc) is 2.66. The molecule has 10 nitrogen and oxygen atoms in total. The third-order valence-corrected chi connectivity index (χ3v) is 4.66. The number of hydrogen-bond donors (Lipinski definition) is 2. The predicted molar refractivity (Wildman–Crippen MR) is 115 cm³/mol. The van der Waals surface area contributed by atoms with E-state index in [0.29, 0.717) is 18.4 Å². The Bertz CT molecular complexity index is 1070. The van der Waals surface area contributed by atoms with Gasteiger partial charge in [-0.2, -0.15) is 0 Å². The van der Waals surface area contributed by atoms with E-state index in [0.717, 1.165) is 4.90 Å². The molecule has 3 N–H and O–H groups in total. The molecule has 0 aliphatic heterocycles. The number of nitrogens with one attached hydrogen (secondary N) is 1. The number of unbranched alkanes of at least 4 members (excludes halogenated alkanes) is 1. The number of rotatable bonds is 8. The van der Waals surface area contributed by atoms with Gasteiger partial charge in [-0.3, -0.25) is 29.3 Å². The van der Waals surface area contributed by atoms with Crippen LogP contribution in [0, 0.1) is 23.0 Å². The number of nitrogens with zero attached hydrogens (tertiary/aromatic N) is 3. The summed E-state index contributed by atoms with van der Waals surface area (Å²) >= 11 is 0. The van der Waals surface area contributed by atoms with Gasteiger partial charge in [-0.1, -0.05) is 39.3 Å². The Hall–Kier alpha value is -3.43. The molecule has 30 heavy (non-hydrogen) atoms. The molecule has 2 rings (SSSR count). The maximum atomic E-state index is 13.4. The number of nitro groups is 1. The van der Waals surface area contributed by atoms with Gasteiger partial charge < -0.3 is 10.6 Å². The lowest BCUT2D eigenvalue weighted by molar-refractivity contribution is -0.385. The first-order valence-corrected chi connectivity index (χ1v) is 9.78. The molecule has 1 amide bonds. The van der Waals surface area contributed by atoms with Crippen LogP contribution in [0.1, 0.15) is 49.5 Å². The minimum Gasteiger partial charge on any atom is -0.383 e. The normalized spacial score (nSPS) is 11.0. The van der Waals surface area contributed by atoms with Gasteiger partial charge in [0.1, 0.15) is 11.4 Å². The van der Waals surface area contributed by atoms with Crippen molar-refractivity contribution < 1.29 is 9.72 Å². The highest BCUT2D eigenvalue weighted by atomic mass is 16.6. The van der Waals surface area contributed by atoms with Crippen LogP contribution in [-0.2, 0) is 6.54 Å². The van der Waals surface area contributed by atoms with Crippen LogP contribution in [0.2, 0.25) is 0 Å². The van der Waals surface area contributed by atoms with Crippen molar-refractivity contribution in [1.29, 1.82) is 0 Å². The average molecular weight is 417 g/mol. The minimum absolute atomic E-state index is 0.0569. The van der Waals surface area contributed by atoms with Gasteiger partial charge in [0, 0.05) is 18.7 Å². The summed E-state index contributed by atoms with van der Waals surface area (Å²) in [5.41, 5.74) is 4.37. The monoisotopic (exact) mass is 417 g/mol. The van der Waals surface area contributed by atoms with E-state index in [-0.39, 0.29) is 41.8 Å². The molecule has 0 aliphatic rings. The number of anilines is 2. The van der Waals surface area contributed by atoms with E-state index in [4.69, 9.17) is 5.73 Å². The van der Waals surface area contributed by atoms with E-state index < -0.39 is 22.1 Å². The lowest BCUT2D eigenvalue weighted by Gasteiger charge is -2.25. The van der Waals surface area contributed by atoms with Gasteiger partial charge in [0.05, 0.1) is 4.92 Å². The van der Waals surface area contributed by atoms with Crippen LogP contribution in [0.3, 0.4) is 0 Å². The van der Waals surface area contributed by atoms with Gasteiger partial charge in [-0.05, 0) is 25.3 Å². The number of carbonyl (C=O) groups excluding carboxylic acids is 1. The Morgan fingerprint density at radius 3 is 2.57 bits per heavy atom. The summed E-state index contributed by atoms with van der Waals surface area (Å²) in [6.45, 7) is 7.57. The Kier molecular flexibility index (Phi) is 7.14. The summed E-state index contributed by atoms with van der Waals surface area (Å²) in [6, 6.07) is 4.43. The molecule has 2 aromatic rings. The Morgan fingerprint density at radius 1 is 1.33 bits per heavy atom. The number of amides is 1. The number of nitrogen functional groups attached to an aromatic ring is 1. The summed E-state index contributed by atoms with van der Waals surface area (Å²) in [7, 11) is 0. The molecule has 1 aromatic carbocycles. The molecule has 0 saturated heterocycles. The number of nitro benzene ring substituents is 1.